The topological polar surface area (TPSA) is 33.1 Å². The van der Waals surface area contributed by atoms with Crippen LogP contribution in [0.25, 0.3) is 0 Å². The van der Waals surface area contributed by atoms with E-state index in [0.29, 0.717) is 10.3 Å². The van der Waals surface area contributed by atoms with Crippen molar-refractivity contribution in [3.8, 4) is 0 Å². The van der Waals surface area contributed by atoms with Gasteiger partial charge >= 0.3 is 0 Å². The minimum atomic E-state index is -0.373. The van der Waals surface area contributed by atoms with Gasteiger partial charge in [0.05, 0.1) is 5.69 Å². The summed E-state index contributed by atoms with van der Waals surface area (Å²) >= 11 is 3.11. The summed E-state index contributed by atoms with van der Waals surface area (Å²) in [7, 11) is 0. The first kappa shape index (κ1) is 8.62. The molecular formula is C7H7BrFNO. The lowest BCUT2D eigenvalue weighted by atomic mass is 10.3. The molecule has 0 aromatic carbocycles. The standard InChI is InChI=1S/C7H7BrFNO/c8-7-2-1-5(9)6(10-7)3-4-11/h1-2,11H,3-4H2. The maximum atomic E-state index is 12.8. The molecule has 1 rings (SSSR count). The summed E-state index contributed by atoms with van der Waals surface area (Å²) in [6.07, 6.45) is 0.255. The average Bonchev–Trinajstić information content (AvgIpc) is 1.98. The number of hydrogen-bond acceptors (Lipinski definition) is 2. The first-order valence-corrected chi connectivity index (χ1v) is 3.95. The van der Waals surface area contributed by atoms with Crippen molar-refractivity contribution in [2.24, 2.45) is 0 Å². The van der Waals surface area contributed by atoms with Gasteiger partial charge in [0.2, 0.25) is 0 Å². The van der Waals surface area contributed by atoms with Crippen LogP contribution in [-0.2, 0) is 6.42 Å². The Morgan fingerprint density at radius 2 is 2.27 bits per heavy atom. The van der Waals surface area contributed by atoms with Gasteiger partial charge in [0.25, 0.3) is 0 Å². The molecule has 1 N–H and O–H groups in total. The Morgan fingerprint density at radius 1 is 1.55 bits per heavy atom. The molecule has 60 valence electrons. The predicted molar refractivity (Wildman–Crippen MR) is 42.7 cm³/mol. The monoisotopic (exact) mass is 219 g/mol. The van der Waals surface area contributed by atoms with Gasteiger partial charge in [-0.05, 0) is 28.1 Å². The highest BCUT2D eigenvalue weighted by Crippen LogP contribution is 2.10. The van der Waals surface area contributed by atoms with Crippen molar-refractivity contribution in [3.63, 3.8) is 0 Å². The molecule has 0 aliphatic heterocycles. The number of aliphatic hydroxyl groups is 1. The summed E-state index contributed by atoms with van der Waals surface area (Å²) < 4.78 is 13.3. The zero-order valence-corrected chi connectivity index (χ0v) is 7.31. The molecule has 0 radical (unpaired) electrons. The van der Waals surface area contributed by atoms with Gasteiger partial charge in [-0.15, -0.1) is 0 Å². The van der Waals surface area contributed by atoms with Crippen LogP contribution in [0.2, 0.25) is 0 Å². The molecular weight excluding hydrogens is 213 g/mol. The second-order valence-corrected chi connectivity index (χ2v) is 2.85. The molecule has 0 saturated heterocycles. The number of pyridine rings is 1. The van der Waals surface area contributed by atoms with Crippen molar-refractivity contribution in [2.75, 3.05) is 6.61 Å². The highest BCUT2D eigenvalue weighted by atomic mass is 79.9. The quantitative estimate of drug-likeness (QED) is 0.766. The molecule has 1 aromatic heterocycles. The summed E-state index contributed by atoms with van der Waals surface area (Å²) in [5.74, 6) is -0.373. The third kappa shape index (κ3) is 2.24. The molecule has 0 atom stereocenters. The zero-order chi connectivity index (χ0) is 8.27. The summed E-state index contributed by atoms with van der Waals surface area (Å²) in [5.41, 5.74) is 0.293. The van der Waals surface area contributed by atoms with Crippen LogP contribution in [0, 0.1) is 5.82 Å². The molecule has 0 spiro atoms. The second kappa shape index (κ2) is 3.78. The van der Waals surface area contributed by atoms with E-state index in [-0.39, 0.29) is 18.8 Å². The van der Waals surface area contributed by atoms with Gasteiger partial charge in [0, 0.05) is 13.0 Å². The number of aliphatic hydroxyl groups excluding tert-OH is 1. The molecule has 0 fully saturated rings. The van der Waals surface area contributed by atoms with Crippen molar-refractivity contribution in [1.82, 2.24) is 4.98 Å². The number of halogens is 2. The molecule has 0 saturated carbocycles. The SMILES string of the molecule is OCCc1nc(Br)ccc1F. The third-order valence-corrected chi connectivity index (χ3v) is 1.67. The number of nitrogens with zero attached hydrogens (tertiary/aromatic N) is 1. The molecule has 11 heavy (non-hydrogen) atoms. The Bertz CT molecular complexity index is 254. The number of rotatable bonds is 2. The van der Waals surface area contributed by atoms with Crippen LogP contribution in [0.1, 0.15) is 5.69 Å². The van der Waals surface area contributed by atoms with E-state index in [1.54, 1.807) is 0 Å². The highest BCUT2D eigenvalue weighted by Gasteiger charge is 2.02. The van der Waals surface area contributed by atoms with Crippen LogP contribution in [0.15, 0.2) is 16.7 Å². The van der Waals surface area contributed by atoms with Crippen molar-refractivity contribution in [1.29, 1.82) is 0 Å². The molecule has 0 unspecified atom stereocenters. The fourth-order valence-corrected chi connectivity index (χ4v) is 1.09. The van der Waals surface area contributed by atoms with Crippen LogP contribution in [0.4, 0.5) is 4.39 Å². The minimum absolute atomic E-state index is 0.0830. The summed E-state index contributed by atoms with van der Waals surface area (Å²) in [6, 6.07) is 2.85. The van der Waals surface area contributed by atoms with E-state index in [0.717, 1.165) is 0 Å². The molecule has 0 amide bonds. The van der Waals surface area contributed by atoms with Gasteiger partial charge in [0.1, 0.15) is 10.4 Å². The average molecular weight is 220 g/mol. The van der Waals surface area contributed by atoms with E-state index in [2.05, 4.69) is 20.9 Å². The van der Waals surface area contributed by atoms with Gasteiger partial charge in [-0.25, -0.2) is 9.37 Å². The Hall–Kier alpha value is -0.480. The van der Waals surface area contributed by atoms with Crippen LogP contribution in [-0.4, -0.2) is 16.7 Å². The van der Waals surface area contributed by atoms with E-state index in [9.17, 15) is 4.39 Å². The lowest BCUT2D eigenvalue weighted by Crippen LogP contribution is -1.98. The van der Waals surface area contributed by atoms with Crippen LogP contribution in [0.3, 0.4) is 0 Å². The van der Waals surface area contributed by atoms with E-state index in [4.69, 9.17) is 5.11 Å². The van der Waals surface area contributed by atoms with E-state index < -0.39 is 0 Å². The van der Waals surface area contributed by atoms with Crippen molar-refractivity contribution < 1.29 is 9.50 Å². The molecule has 0 aliphatic rings. The number of aromatic nitrogens is 1. The number of hydrogen-bond donors (Lipinski definition) is 1. The van der Waals surface area contributed by atoms with Crippen LogP contribution >= 0.6 is 15.9 Å². The smallest absolute Gasteiger partial charge is 0.144 e. The molecule has 0 aliphatic carbocycles. The normalized spacial score (nSPS) is 10.1. The highest BCUT2D eigenvalue weighted by molar-refractivity contribution is 9.10. The lowest BCUT2D eigenvalue weighted by Gasteiger charge is -1.98. The zero-order valence-electron chi connectivity index (χ0n) is 5.72. The van der Waals surface area contributed by atoms with Gasteiger partial charge < -0.3 is 5.11 Å². The molecule has 0 bridgehead atoms. The molecule has 1 aromatic rings. The Kier molecular flexibility index (Phi) is 2.96. The van der Waals surface area contributed by atoms with Gasteiger partial charge in [-0.2, -0.15) is 0 Å². The van der Waals surface area contributed by atoms with Crippen molar-refractivity contribution >= 4 is 15.9 Å². The fraction of sp³-hybridized carbons (Fsp3) is 0.286. The minimum Gasteiger partial charge on any atom is -0.396 e. The largest absolute Gasteiger partial charge is 0.396 e. The van der Waals surface area contributed by atoms with Crippen LogP contribution in [0.5, 0.6) is 0 Å². The Balaban J connectivity index is 2.93. The van der Waals surface area contributed by atoms with E-state index >= 15 is 0 Å². The van der Waals surface area contributed by atoms with Crippen molar-refractivity contribution in [2.45, 2.75) is 6.42 Å². The molecule has 2 nitrogen and oxygen atoms in total. The lowest BCUT2D eigenvalue weighted by molar-refractivity contribution is 0.296. The third-order valence-electron chi connectivity index (χ3n) is 1.23. The maximum Gasteiger partial charge on any atom is 0.144 e. The Morgan fingerprint density at radius 3 is 2.91 bits per heavy atom. The summed E-state index contributed by atoms with van der Waals surface area (Å²) in [6.45, 7) is -0.0830. The maximum absolute atomic E-state index is 12.8. The second-order valence-electron chi connectivity index (χ2n) is 2.04. The van der Waals surface area contributed by atoms with Crippen LogP contribution < -0.4 is 0 Å². The summed E-state index contributed by atoms with van der Waals surface area (Å²) in [5, 5.41) is 8.51. The van der Waals surface area contributed by atoms with Gasteiger partial charge in [-0.3, -0.25) is 0 Å². The van der Waals surface area contributed by atoms with Gasteiger partial charge in [0.15, 0.2) is 0 Å². The van der Waals surface area contributed by atoms with Crippen molar-refractivity contribution in [3.05, 3.63) is 28.2 Å². The first-order chi connectivity index (χ1) is 5.24. The Labute approximate surface area is 72.2 Å². The molecule has 4 heteroatoms. The van der Waals surface area contributed by atoms with E-state index in [1.165, 1.54) is 12.1 Å². The van der Waals surface area contributed by atoms with E-state index in [1.807, 2.05) is 0 Å². The summed E-state index contributed by atoms with van der Waals surface area (Å²) in [4.78, 5) is 3.84. The van der Waals surface area contributed by atoms with Gasteiger partial charge in [-0.1, -0.05) is 0 Å². The predicted octanol–water partition coefficient (Wildman–Crippen LogP) is 1.52. The molecule has 1 heterocycles. The fourth-order valence-electron chi connectivity index (χ4n) is 0.739. The first-order valence-electron chi connectivity index (χ1n) is 3.16.